The predicted octanol–water partition coefficient (Wildman–Crippen LogP) is 3.67. The van der Waals surface area contributed by atoms with Gasteiger partial charge in [-0.1, -0.05) is 6.92 Å². The van der Waals surface area contributed by atoms with Crippen molar-refractivity contribution in [3.05, 3.63) is 29.8 Å². The third-order valence-electron chi connectivity index (χ3n) is 6.14. The van der Waals surface area contributed by atoms with E-state index in [4.69, 9.17) is 4.74 Å². The molecule has 2 aliphatic carbocycles. The molecule has 2 aliphatic rings. The Morgan fingerprint density at radius 2 is 1.56 bits per heavy atom. The lowest BCUT2D eigenvalue weighted by molar-refractivity contribution is 0.0726. The molecule has 0 N–H and O–H groups in total. The number of carbonyl (C=O) groups is 1. The van der Waals surface area contributed by atoms with Gasteiger partial charge in [-0.25, -0.2) is 0 Å². The summed E-state index contributed by atoms with van der Waals surface area (Å²) in [5, 5.41) is 0. The molecule has 1 aromatic carbocycles. The van der Waals surface area contributed by atoms with Gasteiger partial charge in [-0.2, -0.15) is 0 Å². The van der Waals surface area contributed by atoms with Crippen molar-refractivity contribution in [1.82, 2.24) is 9.80 Å². The number of hydrogen-bond donors (Lipinski definition) is 0. The molecule has 4 atom stereocenters. The van der Waals surface area contributed by atoms with Gasteiger partial charge < -0.3 is 14.5 Å². The first-order valence-corrected chi connectivity index (χ1v) is 9.66. The number of amides is 1. The Morgan fingerprint density at radius 3 is 2.08 bits per heavy atom. The molecule has 4 heteroatoms. The Labute approximate surface area is 152 Å². The molecule has 138 valence electrons. The number of fused-ring (bicyclic) bond motifs is 1. The van der Waals surface area contributed by atoms with Gasteiger partial charge in [0.2, 0.25) is 0 Å². The van der Waals surface area contributed by atoms with Crippen LogP contribution in [0.25, 0.3) is 0 Å². The van der Waals surface area contributed by atoms with Gasteiger partial charge in [-0.05, 0) is 82.3 Å². The van der Waals surface area contributed by atoms with Gasteiger partial charge in [-0.3, -0.25) is 4.79 Å². The Balaban J connectivity index is 1.57. The molecule has 0 aromatic heterocycles. The van der Waals surface area contributed by atoms with Gasteiger partial charge in [0.25, 0.3) is 5.91 Å². The van der Waals surface area contributed by atoms with Crippen molar-refractivity contribution in [3.63, 3.8) is 0 Å². The van der Waals surface area contributed by atoms with Crippen molar-refractivity contribution in [1.29, 1.82) is 0 Å². The van der Waals surface area contributed by atoms with Crippen molar-refractivity contribution >= 4 is 5.91 Å². The van der Waals surface area contributed by atoms with E-state index in [1.165, 1.54) is 12.8 Å². The largest absolute Gasteiger partial charge is 0.494 e. The fourth-order valence-electron chi connectivity index (χ4n) is 4.57. The lowest BCUT2D eigenvalue weighted by atomic mass is 10.0. The summed E-state index contributed by atoms with van der Waals surface area (Å²) in [5.74, 6) is 2.55. The van der Waals surface area contributed by atoms with Crippen molar-refractivity contribution < 1.29 is 9.53 Å². The van der Waals surface area contributed by atoms with Gasteiger partial charge >= 0.3 is 0 Å². The summed E-state index contributed by atoms with van der Waals surface area (Å²) in [6.45, 7) is 2.80. The second-order valence-electron chi connectivity index (χ2n) is 8.02. The highest BCUT2D eigenvalue weighted by Gasteiger charge is 2.44. The molecule has 2 saturated carbocycles. The van der Waals surface area contributed by atoms with Crippen LogP contribution in [0.4, 0.5) is 0 Å². The molecule has 0 spiro atoms. The number of nitrogens with zero attached hydrogens (tertiary/aromatic N) is 2. The average molecular weight is 344 g/mol. The van der Waals surface area contributed by atoms with Gasteiger partial charge in [0, 0.05) is 24.7 Å². The van der Waals surface area contributed by atoms with Crippen molar-refractivity contribution in [2.75, 3.05) is 27.7 Å². The van der Waals surface area contributed by atoms with Gasteiger partial charge in [-0.15, -0.1) is 0 Å². The minimum Gasteiger partial charge on any atom is -0.494 e. The summed E-state index contributed by atoms with van der Waals surface area (Å²) in [5.41, 5.74) is 0.759. The number of benzene rings is 1. The van der Waals surface area contributed by atoms with Crippen LogP contribution in [0, 0.1) is 11.8 Å². The molecule has 2 unspecified atom stereocenters. The van der Waals surface area contributed by atoms with Crippen LogP contribution in [-0.4, -0.2) is 55.5 Å². The van der Waals surface area contributed by atoms with Gasteiger partial charge in [0.15, 0.2) is 0 Å². The molecular formula is C21H32N2O2. The summed E-state index contributed by atoms with van der Waals surface area (Å²) in [7, 11) is 6.35. The number of hydrogen-bond acceptors (Lipinski definition) is 3. The summed E-state index contributed by atoms with van der Waals surface area (Å²) < 4.78 is 5.60. The topological polar surface area (TPSA) is 32.8 Å². The van der Waals surface area contributed by atoms with Crippen molar-refractivity contribution in [3.8, 4) is 5.75 Å². The lowest BCUT2D eigenvalue weighted by Gasteiger charge is -2.27. The van der Waals surface area contributed by atoms with Crippen LogP contribution in [0.1, 0.15) is 49.4 Å². The fraction of sp³-hybridized carbons (Fsp3) is 0.667. The second-order valence-corrected chi connectivity index (χ2v) is 8.02. The van der Waals surface area contributed by atoms with Crippen LogP contribution in [0.5, 0.6) is 5.75 Å². The van der Waals surface area contributed by atoms with Crippen LogP contribution < -0.4 is 4.74 Å². The molecule has 0 bridgehead atoms. The van der Waals surface area contributed by atoms with E-state index in [1.54, 1.807) is 0 Å². The third kappa shape index (κ3) is 4.00. The normalized spacial score (nSPS) is 28.2. The first-order valence-electron chi connectivity index (χ1n) is 9.66. The molecular weight excluding hydrogens is 312 g/mol. The predicted molar refractivity (Wildman–Crippen MR) is 101 cm³/mol. The molecule has 0 saturated heterocycles. The van der Waals surface area contributed by atoms with E-state index in [0.29, 0.717) is 12.6 Å². The number of ether oxygens (including phenoxy) is 1. The maximum Gasteiger partial charge on any atom is 0.253 e. The van der Waals surface area contributed by atoms with Crippen LogP contribution >= 0.6 is 0 Å². The van der Waals surface area contributed by atoms with E-state index in [0.717, 1.165) is 48.5 Å². The number of rotatable bonds is 6. The van der Waals surface area contributed by atoms with Crippen LogP contribution in [0.2, 0.25) is 0 Å². The van der Waals surface area contributed by atoms with Crippen LogP contribution in [-0.2, 0) is 0 Å². The lowest BCUT2D eigenvalue weighted by Crippen LogP contribution is -2.36. The van der Waals surface area contributed by atoms with Crippen molar-refractivity contribution in [2.24, 2.45) is 11.8 Å². The van der Waals surface area contributed by atoms with E-state index in [-0.39, 0.29) is 5.91 Å². The first kappa shape index (κ1) is 18.2. The number of carbonyl (C=O) groups excluding carboxylic acids is 1. The first-order chi connectivity index (χ1) is 12.0. The standard InChI is InChI=1S/C21H32N2O2/c1-5-10-25-20-8-6-15(7-9-20)21(24)23(4)19-13-16-11-18(22(2)3)12-17(16)14-19/h6-9,16-19H,5,10-14H2,1-4H3/t16-,17+,18?,19?. The summed E-state index contributed by atoms with van der Waals surface area (Å²) in [6, 6.07) is 8.71. The zero-order valence-electron chi connectivity index (χ0n) is 16.1. The molecule has 25 heavy (non-hydrogen) atoms. The third-order valence-corrected chi connectivity index (χ3v) is 6.14. The monoisotopic (exact) mass is 344 g/mol. The van der Waals surface area contributed by atoms with Gasteiger partial charge in [0.05, 0.1) is 6.61 Å². The maximum absolute atomic E-state index is 12.8. The Hall–Kier alpha value is -1.55. The molecule has 1 amide bonds. The van der Waals surface area contributed by atoms with Gasteiger partial charge in [0.1, 0.15) is 5.75 Å². The van der Waals surface area contributed by atoms with E-state index in [2.05, 4.69) is 25.9 Å². The average Bonchev–Trinajstić information content (AvgIpc) is 3.18. The van der Waals surface area contributed by atoms with E-state index in [9.17, 15) is 4.79 Å². The minimum absolute atomic E-state index is 0.135. The molecule has 0 aliphatic heterocycles. The smallest absolute Gasteiger partial charge is 0.253 e. The Kier molecular flexibility index (Phi) is 5.67. The zero-order valence-corrected chi connectivity index (χ0v) is 16.1. The minimum atomic E-state index is 0.135. The van der Waals surface area contributed by atoms with Crippen molar-refractivity contribution in [2.45, 2.75) is 51.1 Å². The quantitative estimate of drug-likeness (QED) is 0.789. The molecule has 0 heterocycles. The molecule has 2 fully saturated rings. The summed E-state index contributed by atoms with van der Waals surface area (Å²) in [4.78, 5) is 17.2. The summed E-state index contributed by atoms with van der Waals surface area (Å²) >= 11 is 0. The van der Waals surface area contributed by atoms with E-state index < -0.39 is 0 Å². The van der Waals surface area contributed by atoms with E-state index >= 15 is 0 Å². The summed E-state index contributed by atoms with van der Waals surface area (Å²) in [6.07, 6.45) is 5.89. The van der Waals surface area contributed by atoms with Crippen LogP contribution in [0.3, 0.4) is 0 Å². The molecule has 3 rings (SSSR count). The SMILES string of the molecule is CCCOc1ccc(C(=O)N(C)C2C[C@H]3CC(N(C)C)C[C@H]3C2)cc1. The Bertz CT molecular complexity index is 570. The fourth-order valence-corrected chi connectivity index (χ4v) is 4.57. The molecule has 4 nitrogen and oxygen atoms in total. The highest BCUT2D eigenvalue weighted by molar-refractivity contribution is 5.94. The highest BCUT2D eigenvalue weighted by atomic mass is 16.5. The molecule has 1 aromatic rings. The highest BCUT2D eigenvalue weighted by Crippen LogP contribution is 2.46. The second kappa shape index (κ2) is 7.77. The zero-order chi connectivity index (χ0) is 18.0. The Morgan fingerprint density at radius 1 is 1.00 bits per heavy atom. The van der Waals surface area contributed by atoms with E-state index in [1.807, 2.05) is 36.2 Å². The maximum atomic E-state index is 12.8. The van der Waals surface area contributed by atoms with Crippen LogP contribution in [0.15, 0.2) is 24.3 Å². The molecule has 0 radical (unpaired) electrons.